The highest BCUT2D eigenvalue weighted by molar-refractivity contribution is 7.08. The molecular weight excluding hydrogens is 257 g/mol. The van der Waals surface area contributed by atoms with Crippen LogP contribution in [0.1, 0.15) is 36.1 Å². The van der Waals surface area contributed by atoms with Crippen molar-refractivity contribution in [2.45, 2.75) is 32.7 Å². The molecule has 102 valence electrons. The number of rotatable bonds is 6. The van der Waals surface area contributed by atoms with Crippen molar-refractivity contribution >= 4 is 11.3 Å². The van der Waals surface area contributed by atoms with E-state index >= 15 is 0 Å². The zero-order chi connectivity index (χ0) is 13.7. The molecule has 0 amide bonds. The maximum atomic E-state index is 13.0. The van der Waals surface area contributed by atoms with Crippen LogP contribution in [0.15, 0.2) is 35.0 Å². The van der Waals surface area contributed by atoms with Gasteiger partial charge < -0.3 is 5.32 Å². The van der Waals surface area contributed by atoms with Gasteiger partial charge in [-0.1, -0.05) is 19.1 Å². The van der Waals surface area contributed by atoms with Gasteiger partial charge in [0.05, 0.1) is 0 Å². The Morgan fingerprint density at radius 3 is 2.53 bits per heavy atom. The van der Waals surface area contributed by atoms with E-state index in [0.29, 0.717) is 6.04 Å². The van der Waals surface area contributed by atoms with Crippen LogP contribution in [-0.4, -0.2) is 6.54 Å². The predicted octanol–water partition coefficient (Wildman–Crippen LogP) is 4.48. The first-order valence-electron chi connectivity index (χ1n) is 6.71. The van der Waals surface area contributed by atoms with Crippen molar-refractivity contribution in [3.05, 3.63) is 57.5 Å². The molecule has 1 aromatic heterocycles. The Morgan fingerprint density at radius 2 is 1.95 bits per heavy atom. The maximum absolute atomic E-state index is 13.0. The van der Waals surface area contributed by atoms with Crippen LogP contribution >= 0.6 is 11.3 Å². The number of thiophene rings is 1. The van der Waals surface area contributed by atoms with Gasteiger partial charge in [0.25, 0.3) is 0 Å². The van der Waals surface area contributed by atoms with Crippen LogP contribution in [0.2, 0.25) is 0 Å². The van der Waals surface area contributed by atoms with Gasteiger partial charge in [-0.2, -0.15) is 11.3 Å². The van der Waals surface area contributed by atoms with E-state index in [1.54, 1.807) is 11.3 Å². The molecule has 0 aliphatic carbocycles. The Bertz CT molecular complexity index is 504. The molecule has 0 aliphatic rings. The van der Waals surface area contributed by atoms with Crippen molar-refractivity contribution in [3.8, 4) is 0 Å². The van der Waals surface area contributed by atoms with E-state index in [-0.39, 0.29) is 5.82 Å². The van der Waals surface area contributed by atoms with Gasteiger partial charge in [-0.05, 0) is 65.9 Å². The van der Waals surface area contributed by atoms with Gasteiger partial charge in [-0.3, -0.25) is 0 Å². The van der Waals surface area contributed by atoms with Gasteiger partial charge >= 0.3 is 0 Å². The molecule has 2 rings (SSSR count). The van der Waals surface area contributed by atoms with Crippen LogP contribution in [-0.2, 0) is 6.42 Å². The second-order valence-electron chi connectivity index (χ2n) is 4.85. The molecule has 19 heavy (non-hydrogen) atoms. The van der Waals surface area contributed by atoms with Crippen molar-refractivity contribution in [3.63, 3.8) is 0 Å². The lowest BCUT2D eigenvalue weighted by Gasteiger charge is -2.19. The third kappa shape index (κ3) is 3.88. The minimum Gasteiger partial charge on any atom is -0.310 e. The second kappa shape index (κ2) is 6.83. The van der Waals surface area contributed by atoms with E-state index in [0.717, 1.165) is 19.4 Å². The number of nitrogens with one attached hydrogen (secondary N) is 1. The molecule has 1 atom stereocenters. The van der Waals surface area contributed by atoms with E-state index in [2.05, 4.69) is 29.9 Å². The maximum Gasteiger partial charge on any atom is 0.123 e. The first kappa shape index (κ1) is 14.2. The summed E-state index contributed by atoms with van der Waals surface area (Å²) in [5.41, 5.74) is 3.86. The summed E-state index contributed by atoms with van der Waals surface area (Å²) in [6.07, 6.45) is 2.01. The molecule has 0 aliphatic heterocycles. The van der Waals surface area contributed by atoms with E-state index in [9.17, 15) is 4.39 Å². The highest BCUT2D eigenvalue weighted by atomic mass is 32.1. The average molecular weight is 277 g/mol. The summed E-state index contributed by atoms with van der Waals surface area (Å²) in [4.78, 5) is 0. The molecule has 1 unspecified atom stereocenters. The standard InChI is InChI=1S/C16H20FNS/c1-3-8-18-16(15-11-19-10-12(15)2)9-13-4-6-14(17)7-5-13/h4-7,10-11,16,18H,3,8-9H2,1-2H3. The molecule has 2 aromatic rings. The van der Waals surface area contributed by atoms with Crippen LogP contribution in [0.5, 0.6) is 0 Å². The van der Waals surface area contributed by atoms with E-state index in [4.69, 9.17) is 0 Å². The van der Waals surface area contributed by atoms with Crippen LogP contribution in [0.4, 0.5) is 4.39 Å². The molecular formula is C16H20FNS. The molecule has 0 radical (unpaired) electrons. The minimum atomic E-state index is -0.173. The van der Waals surface area contributed by atoms with Crippen molar-refractivity contribution < 1.29 is 4.39 Å². The molecule has 3 heteroatoms. The van der Waals surface area contributed by atoms with Gasteiger partial charge in [-0.25, -0.2) is 4.39 Å². The Kier molecular flexibility index (Phi) is 5.11. The monoisotopic (exact) mass is 277 g/mol. The Balaban J connectivity index is 2.14. The van der Waals surface area contributed by atoms with Crippen molar-refractivity contribution in [1.82, 2.24) is 5.32 Å². The SMILES string of the molecule is CCCNC(Cc1ccc(F)cc1)c1cscc1C. The lowest BCUT2D eigenvalue weighted by Crippen LogP contribution is -2.24. The molecule has 1 heterocycles. The quantitative estimate of drug-likeness (QED) is 0.821. The van der Waals surface area contributed by atoms with Crippen LogP contribution in [0.25, 0.3) is 0 Å². The van der Waals surface area contributed by atoms with Gasteiger partial charge in [-0.15, -0.1) is 0 Å². The summed E-state index contributed by atoms with van der Waals surface area (Å²) in [5, 5.41) is 7.98. The Labute approximate surface area is 118 Å². The fourth-order valence-electron chi connectivity index (χ4n) is 2.19. The first-order valence-corrected chi connectivity index (χ1v) is 7.65. The molecule has 0 saturated heterocycles. The summed E-state index contributed by atoms with van der Waals surface area (Å²) in [5.74, 6) is -0.173. The third-order valence-electron chi connectivity index (χ3n) is 3.26. The summed E-state index contributed by atoms with van der Waals surface area (Å²) >= 11 is 1.74. The molecule has 0 fully saturated rings. The number of hydrogen-bond donors (Lipinski definition) is 1. The molecule has 1 nitrogen and oxygen atoms in total. The van der Waals surface area contributed by atoms with Crippen LogP contribution in [0.3, 0.4) is 0 Å². The number of benzene rings is 1. The Hall–Kier alpha value is -1.19. The lowest BCUT2D eigenvalue weighted by atomic mass is 9.98. The fourth-order valence-corrected chi connectivity index (χ4v) is 3.10. The number of halogens is 1. The number of aryl methyl sites for hydroxylation is 1. The number of hydrogen-bond acceptors (Lipinski definition) is 2. The molecule has 1 aromatic carbocycles. The summed E-state index contributed by atoms with van der Waals surface area (Å²) in [6, 6.07) is 7.13. The van der Waals surface area contributed by atoms with E-state index < -0.39 is 0 Å². The predicted molar refractivity (Wildman–Crippen MR) is 80.2 cm³/mol. The average Bonchev–Trinajstić information content (AvgIpc) is 2.83. The smallest absolute Gasteiger partial charge is 0.123 e. The van der Waals surface area contributed by atoms with Crippen molar-refractivity contribution in [2.75, 3.05) is 6.54 Å². The summed E-state index contributed by atoms with van der Waals surface area (Å²) in [6.45, 7) is 5.32. The van der Waals surface area contributed by atoms with Gasteiger partial charge in [0.15, 0.2) is 0 Å². The molecule has 1 N–H and O–H groups in total. The van der Waals surface area contributed by atoms with E-state index in [1.807, 2.05) is 12.1 Å². The molecule has 0 spiro atoms. The second-order valence-corrected chi connectivity index (χ2v) is 5.59. The first-order chi connectivity index (χ1) is 9.20. The fraction of sp³-hybridized carbons (Fsp3) is 0.375. The zero-order valence-electron chi connectivity index (χ0n) is 11.4. The largest absolute Gasteiger partial charge is 0.310 e. The van der Waals surface area contributed by atoms with Crippen LogP contribution < -0.4 is 5.32 Å². The highest BCUT2D eigenvalue weighted by Crippen LogP contribution is 2.25. The zero-order valence-corrected chi connectivity index (χ0v) is 12.3. The van der Waals surface area contributed by atoms with Crippen molar-refractivity contribution in [1.29, 1.82) is 0 Å². The third-order valence-corrected chi connectivity index (χ3v) is 4.14. The lowest BCUT2D eigenvalue weighted by molar-refractivity contribution is 0.528. The normalized spacial score (nSPS) is 12.6. The topological polar surface area (TPSA) is 12.0 Å². The van der Waals surface area contributed by atoms with Gasteiger partial charge in [0.1, 0.15) is 5.82 Å². The molecule has 0 saturated carbocycles. The van der Waals surface area contributed by atoms with Crippen LogP contribution in [0, 0.1) is 12.7 Å². The highest BCUT2D eigenvalue weighted by Gasteiger charge is 2.14. The molecule has 0 bridgehead atoms. The van der Waals surface area contributed by atoms with Gasteiger partial charge in [0, 0.05) is 6.04 Å². The summed E-state index contributed by atoms with van der Waals surface area (Å²) < 4.78 is 13.0. The van der Waals surface area contributed by atoms with Crippen molar-refractivity contribution in [2.24, 2.45) is 0 Å². The summed E-state index contributed by atoms with van der Waals surface area (Å²) in [7, 11) is 0. The van der Waals surface area contributed by atoms with Gasteiger partial charge in [0.2, 0.25) is 0 Å². The van der Waals surface area contributed by atoms with E-state index in [1.165, 1.54) is 28.8 Å². The Morgan fingerprint density at radius 1 is 1.21 bits per heavy atom. The minimum absolute atomic E-state index is 0.173.